The van der Waals surface area contributed by atoms with Crippen LogP contribution in [0.15, 0.2) is 79.4 Å². The molecular formula is C16H14N6. The molecule has 0 aliphatic rings. The highest BCUT2D eigenvalue weighted by atomic mass is 15.3. The van der Waals surface area contributed by atoms with Crippen LogP contribution in [0.4, 0.5) is 0 Å². The third kappa shape index (κ3) is 3.43. The summed E-state index contributed by atoms with van der Waals surface area (Å²) in [6.45, 7) is 0. The summed E-state index contributed by atoms with van der Waals surface area (Å²) in [5, 5.41) is 13.8. The molecule has 2 aromatic carbocycles. The summed E-state index contributed by atoms with van der Waals surface area (Å²) in [6.07, 6.45) is 4.90. The van der Waals surface area contributed by atoms with Crippen LogP contribution in [0.25, 0.3) is 17.1 Å². The van der Waals surface area contributed by atoms with Crippen molar-refractivity contribution in [2.45, 2.75) is 0 Å². The molecule has 4 aromatic rings. The highest BCUT2D eigenvalue weighted by Gasteiger charge is 2.03. The molecule has 2 aromatic heterocycles. The van der Waals surface area contributed by atoms with Crippen molar-refractivity contribution in [1.29, 1.82) is 0 Å². The number of H-pyrrole nitrogens is 1. The van der Waals surface area contributed by atoms with E-state index in [1.165, 1.54) is 0 Å². The van der Waals surface area contributed by atoms with E-state index >= 15 is 0 Å². The number of nitrogens with one attached hydrogen (secondary N) is 1. The highest BCUT2D eigenvalue weighted by Crippen LogP contribution is 2.14. The van der Waals surface area contributed by atoms with Crippen molar-refractivity contribution in [3.05, 3.63) is 79.4 Å². The minimum absolute atomic E-state index is 0.745. The predicted octanol–water partition coefficient (Wildman–Crippen LogP) is 2.74. The number of aromatic amines is 1. The minimum atomic E-state index is 0.745. The molecule has 6 nitrogen and oxygen atoms in total. The summed E-state index contributed by atoms with van der Waals surface area (Å²) >= 11 is 0. The number of aromatic nitrogens is 6. The van der Waals surface area contributed by atoms with Gasteiger partial charge in [0.25, 0.3) is 0 Å². The van der Waals surface area contributed by atoms with E-state index in [1.807, 2.05) is 60.7 Å². The molecule has 0 saturated carbocycles. The average molecular weight is 290 g/mol. The summed E-state index contributed by atoms with van der Waals surface area (Å²) < 4.78 is 1.78. The van der Waals surface area contributed by atoms with Crippen LogP contribution >= 0.6 is 0 Å². The Balaban J connectivity index is 0.000000246. The van der Waals surface area contributed by atoms with Crippen molar-refractivity contribution in [3.63, 3.8) is 0 Å². The van der Waals surface area contributed by atoms with Crippen molar-refractivity contribution >= 4 is 0 Å². The Labute approximate surface area is 127 Å². The standard InChI is InChI=1S/C14H11N3.C2H3N3/c1-3-7-12(8-4-1)14-15-11-17(16-14)13-9-5-2-6-10-13;1-2-4-5-3-1/h1-11H;1-2H,(H,3,4,5). The Morgan fingerprint density at radius 3 is 2.00 bits per heavy atom. The van der Waals surface area contributed by atoms with Gasteiger partial charge in [-0.2, -0.15) is 15.4 Å². The molecule has 0 fully saturated rings. The number of nitrogens with zero attached hydrogens (tertiary/aromatic N) is 5. The Hall–Kier alpha value is -3.28. The van der Waals surface area contributed by atoms with Crippen molar-refractivity contribution in [2.24, 2.45) is 0 Å². The highest BCUT2D eigenvalue weighted by molar-refractivity contribution is 5.54. The number of para-hydroxylation sites is 1. The lowest BCUT2D eigenvalue weighted by molar-refractivity contribution is 0.882. The van der Waals surface area contributed by atoms with Crippen LogP contribution in [0.2, 0.25) is 0 Å². The molecule has 0 saturated heterocycles. The second-order valence-corrected chi connectivity index (χ2v) is 4.37. The van der Waals surface area contributed by atoms with Crippen molar-refractivity contribution in [2.75, 3.05) is 0 Å². The molecular weight excluding hydrogens is 276 g/mol. The van der Waals surface area contributed by atoms with Gasteiger partial charge >= 0.3 is 0 Å². The van der Waals surface area contributed by atoms with Gasteiger partial charge in [0.2, 0.25) is 0 Å². The fraction of sp³-hybridized carbons (Fsp3) is 0. The van der Waals surface area contributed by atoms with E-state index in [2.05, 4.69) is 25.5 Å². The fourth-order valence-electron chi connectivity index (χ4n) is 1.85. The molecule has 0 radical (unpaired) electrons. The summed E-state index contributed by atoms with van der Waals surface area (Å²) in [6, 6.07) is 19.9. The Kier molecular flexibility index (Phi) is 4.32. The quantitative estimate of drug-likeness (QED) is 0.616. The molecule has 0 amide bonds. The topological polar surface area (TPSA) is 72.3 Å². The molecule has 0 atom stereocenters. The zero-order valence-electron chi connectivity index (χ0n) is 11.7. The van der Waals surface area contributed by atoms with Crippen LogP contribution in [0.5, 0.6) is 0 Å². The lowest BCUT2D eigenvalue weighted by Crippen LogP contribution is -1.93. The first-order valence-corrected chi connectivity index (χ1v) is 6.76. The molecule has 22 heavy (non-hydrogen) atoms. The van der Waals surface area contributed by atoms with Gasteiger partial charge < -0.3 is 0 Å². The molecule has 0 spiro atoms. The number of hydrogen-bond donors (Lipinski definition) is 1. The first kappa shape index (κ1) is 13.7. The van der Waals surface area contributed by atoms with Crippen molar-refractivity contribution in [3.8, 4) is 17.1 Å². The molecule has 0 bridgehead atoms. The number of benzene rings is 2. The van der Waals surface area contributed by atoms with Gasteiger partial charge in [0.05, 0.1) is 18.1 Å². The molecule has 6 heteroatoms. The van der Waals surface area contributed by atoms with Crippen molar-refractivity contribution < 1.29 is 0 Å². The van der Waals surface area contributed by atoms with Crippen LogP contribution in [0, 0.1) is 0 Å². The first-order valence-electron chi connectivity index (χ1n) is 6.76. The molecule has 4 rings (SSSR count). The maximum absolute atomic E-state index is 4.46. The van der Waals surface area contributed by atoms with E-state index < -0.39 is 0 Å². The minimum Gasteiger partial charge on any atom is -0.220 e. The Bertz CT molecular complexity index is 707. The maximum Gasteiger partial charge on any atom is 0.181 e. The molecule has 108 valence electrons. The zero-order chi connectivity index (χ0) is 15.0. The predicted molar refractivity (Wildman–Crippen MR) is 83.2 cm³/mol. The van der Waals surface area contributed by atoms with E-state index in [9.17, 15) is 0 Å². The van der Waals surface area contributed by atoms with Gasteiger partial charge in [0.15, 0.2) is 5.82 Å². The molecule has 0 aliphatic carbocycles. The molecule has 0 aliphatic heterocycles. The summed E-state index contributed by atoms with van der Waals surface area (Å²) in [4.78, 5) is 4.31. The van der Waals surface area contributed by atoms with Gasteiger partial charge in [0.1, 0.15) is 6.33 Å². The lowest BCUT2D eigenvalue weighted by Gasteiger charge is -1.98. The van der Waals surface area contributed by atoms with E-state index in [0.717, 1.165) is 17.1 Å². The second-order valence-electron chi connectivity index (χ2n) is 4.37. The first-order chi connectivity index (χ1) is 10.9. The van der Waals surface area contributed by atoms with E-state index in [-0.39, 0.29) is 0 Å². The fourth-order valence-corrected chi connectivity index (χ4v) is 1.85. The monoisotopic (exact) mass is 290 g/mol. The Morgan fingerprint density at radius 2 is 1.41 bits per heavy atom. The smallest absolute Gasteiger partial charge is 0.181 e. The van der Waals surface area contributed by atoms with Gasteiger partial charge in [-0.15, -0.1) is 5.10 Å². The number of hydrogen-bond acceptors (Lipinski definition) is 4. The van der Waals surface area contributed by atoms with Gasteiger partial charge in [-0.3, -0.25) is 0 Å². The second kappa shape index (κ2) is 6.94. The molecule has 1 N–H and O–H groups in total. The third-order valence-electron chi connectivity index (χ3n) is 2.88. The van der Waals surface area contributed by atoms with Gasteiger partial charge in [-0.25, -0.2) is 9.67 Å². The van der Waals surface area contributed by atoms with Gasteiger partial charge in [-0.1, -0.05) is 48.5 Å². The summed E-state index contributed by atoms with van der Waals surface area (Å²) in [7, 11) is 0. The maximum atomic E-state index is 4.46. The van der Waals surface area contributed by atoms with E-state index in [1.54, 1.807) is 23.4 Å². The van der Waals surface area contributed by atoms with Crippen LogP contribution in [0.3, 0.4) is 0 Å². The van der Waals surface area contributed by atoms with Gasteiger partial charge in [0, 0.05) is 5.56 Å². The van der Waals surface area contributed by atoms with Crippen LogP contribution < -0.4 is 0 Å². The number of rotatable bonds is 2. The summed E-state index contributed by atoms with van der Waals surface area (Å²) in [5.41, 5.74) is 2.05. The largest absolute Gasteiger partial charge is 0.220 e. The van der Waals surface area contributed by atoms with Crippen molar-refractivity contribution in [1.82, 2.24) is 30.2 Å². The van der Waals surface area contributed by atoms with E-state index in [4.69, 9.17) is 0 Å². The third-order valence-corrected chi connectivity index (χ3v) is 2.88. The molecule has 0 unspecified atom stereocenters. The van der Waals surface area contributed by atoms with Crippen LogP contribution in [-0.2, 0) is 0 Å². The summed E-state index contributed by atoms with van der Waals surface area (Å²) in [5.74, 6) is 0.745. The normalized spacial score (nSPS) is 9.82. The lowest BCUT2D eigenvalue weighted by atomic mass is 10.2. The SMILES string of the molecule is c1ccc(-c2ncn(-c3ccccc3)n2)cc1.c1cn[nH]n1. The molecule has 2 heterocycles. The Morgan fingerprint density at radius 1 is 0.773 bits per heavy atom. The zero-order valence-corrected chi connectivity index (χ0v) is 11.7. The van der Waals surface area contributed by atoms with Crippen LogP contribution in [0.1, 0.15) is 0 Å². The van der Waals surface area contributed by atoms with Crippen LogP contribution in [-0.4, -0.2) is 30.2 Å². The van der Waals surface area contributed by atoms with Gasteiger partial charge in [-0.05, 0) is 12.1 Å². The van der Waals surface area contributed by atoms with E-state index in [0.29, 0.717) is 0 Å². The average Bonchev–Trinajstić information content (AvgIpc) is 3.31.